The molecule has 0 saturated carbocycles. The SMILES string of the molecule is C[C@@]1(COC(=O)NCc2ccc(O)c(O)c2)SCN(C(=O)/C=C/c2cc(C(=O)NCc3ccc(O)c(O)c3)ccn2)[C@H]1C(=O)OC(c1ccccc1)c1ccccc1. The minimum atomic E-state index is -1.23. The predicted molar refractivity (Wildman–Crippen MR) is 214 cm³/mol. The Morgan fingerprint density at radius 1 is 0.810 bits per heavy atom. The second-order valence-corrected chi connectivity index (χ2v) is 15.0. The molecule has 0 bridgehead atoms. The van der Waals surface area contributed by atoms with Gasteiger partial charge in [0.15, 0.2) is 29.1 Å². The van der Waals surface area contributed by atoms with Gasteiger partial charge in [-0.05, 0) is 71.7 Å². The van der Waals surface area contributed by atoms with Crippen LogP contribution >= 0.6 is 11.8 Å². The summed E-state index contributed by atoms with van der Waals surface area (Å²) in [6.45, 7) is 1.47. The minimum Gasteiger partial charge on any atom is -0.504 e. The van der Waals surface area contributed by atoms with E-state index in [1.165, 1.54) is 77.5 Å². The summed E-state index contributed by atoms with van der Waals surface area (Å²) in [5.74, 6) is -2.92. The average molecular weight is 805 g/mol. The molecule has 3 amide bonds. The molecule has 1 aliphatic heterocycles. The fourth-order valence-electron chi connectivity index (χ4n) is 6.16. The Balaban J connectivity index is 1.19. The third kappa shape index (κ3) is 10.0. The van der Waals surface area contributed by atoms with Crippen molar-refractivity contribution in [1.82, 2.24) is 20.5 Å². The number of nitrogens with zero attached hydrogens (tertiary/aromatic N) is 2. The summed E-state index contributed by atoms with van der Waals surface area (Å²) in [5, 5.41) is 44.0. The lowest BCUT2D eigenvalue weighted by molar-refractivity contribution is -0.157. The van der Waals surface area contributed by atoms with Gasteiger partial charge in [0.05, 0.1) is 16.3 Å². The van der Waals surface area contributed by atoms with Gasteiger partial charge in [-0.1, -0.05) is 72.8 Å². The maximum absolute atomic E-state index is 14.4. The van der Waals surface area contributed by atoms with Crippen molar-refractivity contribution in [3.63, 3.8) is 0 Å². The molecule has 5 aromatic rings. The maximum Gasteiger partial charge on any atom is 0.407 e. The van der Waals surface area contributed by atoms with E-state index in [1.807, 2.05) is 60.7 Å². The third-order valence-electron chi connectivity index (χ3n) is 9.27. The Morgan fingerprint density at radius 3 is 1.98 bits per heavy atom. The highest BCUT2D eigenvalue weighted by Crippen LogP contribution is 2.42. The number of aromatic nitrogens is 1. The summed E-state index contributed by atoms with van der Waals surface area (Å²) in [7, 11) is 0. The lowest BCUT2D eigenvalue weighted by atomic mass is 9.98. The van der Waals surface area contributed by atoms with Gasteiger partial charge in [-0.25, -0.2) is 9.59 Å². The highest BCUT2D eigenvalue weighted by Gasteiger charge is 2.53. The van der Waals surface area contributed by atoms with Gasteiger partial charge in [0.1, 0.15) is 12.6 Å². The fourth-order valence-corrected chi connectivity index (χ4v) is 7.40. The molecule has 0 aliphatic carbocycles. The zero-order valence-corrected chi connectivity index (χ0v) is 32.0. The van der Waals surface area contributed by atoms with Crippen LogP contribution in [-0.2, 0) is 32.2 Å². The van der Waals surface area contributed by atoms with Gasteiger partial charge in [0, 0.05) is 30.9 Å². The van der Waals surface area contributed by atoms with Gasteiger partial charge < -0.3 is 45.4 Å². The molecule has 2 heterocycles. The van der Waals surface area contributed by atoms with Crippen molar-refractivity contribution in [2.75, 3.05) is 12.5 Å². The Morgan fingerprint density at radius 2 is 1.40 bits per heavy atom. The van der Waals surface area contributed by atoms with Crippen LogP contribution in [-0.4, -0.2) is 77.5 Å². The number of phenols is 4. The normalized spacial score (nSPS) is 16.2. The van der Waals surface area contributed by atoms with E-state index in [0.29, 0.717) is 22.3 Å². The van der Waals surface area contributed by atoms with Crippen LogP contribution in [0.2, 0.25) is 0 Å². The van der Waals surface area contributed by atoms with Crippen molar-refractivity contribution >= 4 is 41.7 Å². The second-order valence-electron chi connectivity index (χ2n) is 13.5. The van der Waals surface area contributed by atoms with Crippen molar-refractivity contribution in [3.05, 3.63) is 155 Å². The molecule has 6 N–H and O–H groups in total. The lowest BCUT2D eigenvalue weighted by Gasteiger charge is -2.33. The standard InChI is InChI=1S/C43H40N4O10S/c1-43(25-56-42(55)46-24-28-13-16-34(49)36(51)21-28)39(41(54)57-38(29-8-4-2-5-9-29)30-10-6-3-7-11-30)47(26-58-43)37(52)17-14-32-22-31(18-19-44-32)40(53)45-23-27-12-15-33(48)35(50)20-27/h2-22,38-39,48-51H,23-26H2,1H3,(H,45,53)(H,46,55)/b17-14+/t39-,43-/m0/s1. The quantitative estimate of drug-likeness (QED) is 0.0477. The van der Waals surface area contributed by atoms with Crippen molar-refractivity contribution in [2.24, 2.45) is 0 Å². The van der Waals surface area contributed by atoms with Crippen LogP contribution in [0.4, 0.5) is 4.79 Å². The zero-order chi connectivity index (χ0) is 41.2. The van der Waals surface area contributed by atoms with Gasteiger partial charge in [0.2, 0.25) is 5.91 Å². The Hall–Kier alpha value is -7.00. The lowest BCUT2D eigenvalue weighted by Crippen LogP contribution is -2.53. The summed E-state index contributed by atoms with van der Waals surface area (Å²) in [4.78, 5) is 59.7. The van der Waals surface area contributed by atoms with Gasteiger partial charge >= 0.3 is 12.1 Å². The molecule has 2 atom stereocenters. The molecular weight excluding hydrogens is 765 g/mol. The number of pyridine rings is 1. The Labute approximate surface area is 337 Å². The average Bonchev–Trinajstić information content (AvgIpc) is 3.59. The van der Waals surface area contributed by atoms with Crippen LogP contribution in [0.1, 0.15) is 51.3 Å². The molecule has 58 heavy (non-hydrogen) atoms. The van der Waals surface area contributed by atoms with E-state index in [1.54, 1.807) is 13.0 Å². The number of ether oxygens (including phenoxy) is 2. The third-order valence-corrected chi connectivity index (χ3v) is 10.7. The number of thioether (sulfide) groups is 1. The summed E-state index contributed by atoms with van der Waals surface area (Å²) >= 11 is 1.24. The molecule has 4 aromatic carbocycles. The summed E-state index contributed by atoms with van der Waals surface area (Å²) < 4.78 is 10.7. The first kappa shape index (κ1) is 40.7. The molecule has 1 aromatic heterocycles. The van der Waals surface area contributed by atoms with Gasteiger partial charge in [-0.3, -0.25) is 14.6 Å². The summed E-state index contributed by atoms with van der Waals surface area (Å²) in [5.41, 5.74) is 3.02. The van der Waals surface area contributed by atoms with E-state index in [-0.39, 0.29) is 59.8 Å². The monoisotopic (exact) mass is 804 g/mol. The molecule has 0 unspecified atom stereocenters. The highest BCUT2D eigenvalue weighted by molar-refractivity contribution is 8.01. The van der Waals surface area contributed by atoms with Crippen molar-refractivity contribution < 1.29 is 49.1 Å². The van der Waals surface area contributed by atoms with Crippen LogP contribution in [0.5, 0.6) is 23.0 Å². The molecule has 1 aliphatic rings. The Bertz CT molecular complexity index is 2270. The van der Waals surface area contributed by atoms with E-state index < -0.39 is 40.8 Å². The maximum atomic E-state index is 14.4. The van der Waals surface area contributed by atoms with Crippen LogP contribution in [0.15, 0.2) is 121 Å². The number of phenolic OH excluding ortho intramolecular Hbond substituents is 4. The van der Waals surface area contributed by atoms with E-state index in [9.17, 15) is 39.6 Å². The van der Waals surface area contributed by atoms with Crippen LogP contribution in [0, 0.1) is 0 Å². The number of hydrogen-bond donors (Lipinski definition) is 6. The molecule has 0 spiro atoms. The molecule has 1 saturated heterocycles. The number of carbonyl (C=O) groups excluding carboxylic acids is 4. The largest absolute Gasteiger partial charge is 0.504 e. The number of esters is 1. The van der Waals surface area contributed by atoms with Crippen molar-refractivity contribution in [3.8, 4) is 23.0 Å². The van der Waals surface area contributed by atoms with Crippen molar-refractivity contribution in [1.29, 1.82) is 0 Å². The first-order chi connectivity index (χ1) is 27.9. The topological polar surface area (TPSA) is 208 Å². The molecule has 6 rings (SSSR count). The number of aromatic hydroxyl groups is 4. The molecular formula is C43H40N4O10S. The minimum absolute atomic E-state index is 0.0207. The van der Waals surface area contributed by atoms with Crippen LogP contribution in [0.3, 0.4) is 0 Å². The second kappa shape index (κ2) is 18.3. The number of nitrogens with one attached hydrogen (secondary N) is 2. The first-order valence-corrected chi connectivity index (χ1v) is 19.0. The van der Waals surface area contributed by atoms with E-state index >= 15 is 0 Å². The zero-order valence-electron chi connectivity index (χ0n) is 31.1. The highest BCUT2D eigenvalue weighted by atomic mass is 32.2. The molecule has 15 heteroatoms. The van der Waals surface area contributed by atoms with E-state index in [2.05, 4.69) is 15.6 Å². The van der Waals surface area contributed by atoms with Gasteiger partial charge in [0.25, 0.3) is 5.91 Å². The number of amides is 3. The smallest absolute Gasteiger partial charge is 0.407 e. The van der Waals surface area contributed by atoms with Gasteiger partial charge in [-0.2, -0.15) is 0 Å². The number of hydrogen-bond acceptors (Lipinski definition) is 12. The molecule has 1 fully saturated rings. The molecule has 14 nitrogen and oxygen atoms in total. The number of carbonyl (C=O) groups is 4. The fraction of sp³-hybridized carbons (Fsp3) is 0.186. The van der Waals surface area contributed by atoms with Crippen molar-refractivity contribution in [2.45, 2.75) is 36.9 Å². The summed E-state index contributed by atoms with van der Waals surface area (Å²) in [6, 6.07) is 28.4. The molecule has 0 radical (unpaired) electrons. The van der Waals surface area contributed by atoms with E-state index in [4.69, 9.17) is 9.47 Å². The summed E-state index contributed by atoms with van der Waals surface area (Å²) in [6.07, 6.45) is 2.44. The van der Waals surface area contributed by atoms with Crippen LogP contribution < -0.4 is 10.6 Å². The van der Waals surface area contributed by atoms with E-state index in [0.717, 1.165) is 0 Å². The predicted octanol–water partition coefficient (Wildman–Crippen LogP) is 5.77. The number of rotatable bonds is 13. The van der Waals surface area contributed by atoms with Crippen LogP contribution in [0.25, 0.3) is 6.08 Å². The Kier molecular flexibility index (Phi) is 12.8. The number of alkyl carbamates (subject to hydrolysis) is 1. The number of benzene rings is 4. The molecule has 298 valence electrons. The van der Waals surface area contributed by atoms with Gasteiger partial charge in [-0.15, -0.1) is 11.8 Å². The first-order valence-electron chi connectivity index (χ1n) is 18.0.